The molecule has 168 valence electrons. The van der Waals surface area contributed by atoms with Gasteiger partial charge in [0.2, 0.25) is 5.91 Å². The van der Waals surface area contributed by atoms with Crippen LogP contribution in [-0.2, 0) is 16.6 Å². The summed E-state index contributed by atoms with van der Waals surface area (Å²) in [5.74, 6) is 1.03. The molecule has 0 radical (unpaired) electrons. The first-order chi connectivity index (χ1) is 14.7. The summed E-state index contributed by atoms with van der Waals surface area (Å²) in [6.45, 7) is 8.96. The highest BCUT2D eigenvalue weighted by Crippen LogP contribution is 2.30. The molecule has 1 aliphatic heterocycles. The fraction of sp³-hybridized carbons (Fsp3) is 0.542. The van der Waals surface area contributed by atoms with Crippen LogP contribution in [0.1, 0.15) is 63.9 Å². The van der Waals surface area contributed by atoms with E-state index in [0.717, 1.165) is 12.2 Å². The number of nitrogens with zero attached hydrogens (tertiary/aromatic N) is 4. The zero-order chi connectivity index (χ0) is 22.6. The van der Waals surface area contributed by atoms with Gasteiger partial charge in [-0.2, -0.15) is 0 Å². The normalized spacial score (nSPS) is 18.0. The number of carbonyl (C=O) groups excluding carboxylic acids is 2. The number of amides is 2. The maximum absolute atomic E-state index is 13.4. The Morgan fingerprint density at radius 2 is 1.90 bits per heavy atom. The second-order valence-electron chi connectivity index (χ2n) is 9.15. The largest absolute Gasteiger partial charge is 0.444 e. The highest BCUT2D eigenvalue weighted by molar-refractivity contribution is 5.78. The Balaban J connectivity index is 1.79. The van der Waals surface area contributed by atoms with E-state index in [9.17, 15) is 9.59 Å². The molecule has 1 aliphatic rings. The third-order valence-corrected chi connectivity index (χ3v) is 5.69. The molecule has 0 saturated carbocycles. The molecule has 2 atom stereocenters. The molecule has 7 heteroatoms. The van der Waals surface area contributed by atoms with Gasteiger partial charge in [-0.1, -0.05) is 37.3 Å². The fourth-order valence-electron chi connectivity index (χ4n) is 4.04. The van der Waals surface area contributed by atoms with E-state index in [-0.39, 0.29) is 24.0 Å². The molecule has 1 saturated heterocycles. The van der Waals surface area contributed by atoms with Crippen LogP contribution in [0.5, 0.6) is 0 Å². The van der Waals surface area contributed by atoms with Crippen LogP contribution in [0.3, 0.4) is 0 Å². The first-order valence-corrected chi connectivity index (χ1v) is 11.0. The molecule has 0 aliphatic carbocycles. The fourth-order valence-corrected chi connectivity index (χ4v) is 4.04. The molecule has 31 heavy (non-hydrogen) atoms. The summed E-state index contributed by atoms with van der Waals surface area (Å²) in [5, 5.41) is 0. The van der Waals surface area contributed by atoms with Gasteiger partial charge in [0, 0.05) is 39.0 Å². The van der Waals surface area contributed by atoms with Crippen LogP contribution in [0, 0.1) is 0 Å². The van der Waals surface area contributed by atoms with Gasteiger partial charge in [0.1, 0.15) is 17.5 Å². The van der Waals surface area contributed by atoms with Gasteiger partial charge >= 0.3 is 6.09 Å². The molecule has 0 spiro atoms. The van der Waals surface area contributed by atoms with Crippen LogP contribution in [0.15, 0.2) is 42.7 Å². The zero-order valence-electron chi connectivity index (χ0n) is 19.2. The standard InChI is InChI=1S/C24H34N4O3/c1-6-18(19-10-8-7-9-11-19)16-21(29)28-15-14-27(23(30)31-24(2,3)4)17-20(28)22-25-12-13-26(22)5/h7-13,18,20H,6,14-17H2,1-5H3. The average Bonchev–Trinajstić information content (AvgIpc) is 3.16. The molecule has 2 heterocycles. The van der Waals surface area contributed by atoms with Crippen LogP contribution in [0.2, 0.25) is 0 Å². The summed E-state index contributed by atoms with van der Waals surface area (Å²) in [6, 6.07) is 9.88. The number of carbonyl (C=O) groups is 2. The molecular formula is C24H34N4O3. The van der Waals surface area contributed by atoms with Crippen molar-refractivity contribution >= 4 is 12.0 Å². The topological polar surface area (TPSA) is 67.7 Å². The number of hydrogen-bond acceptors (Lipinski definition) is 4. The van der Waals surface area contributed by atoms with Crippen molar-refractivity contribution in [2.45, 2.75) is 58.1 Å². The van der Waals surface area contributed by atoms with E-state index in [1.807, 2.05) is 61.7 Å². The molecular weight excluding hydrogens is 392 g/mol. The van der Waals surface area contributed by atoms with Gasteiger partial charge in [-0.05, 0) is 38.7 Å². The molecule has 0 bridgehead atoms. The van der Waals surface area contributed by atoms with Crippen molar-refractivity contribution in [2.24, 2.45) is 7.05 Å². The second-order valence-corrected chi connectivity index (χ2v) is 9.15. The minimum absolute atomic E-state index is 0.0903. The monoisotopic (exact) mass is 426 g/mol. The highest BCUT2D eigenvalue weighted by Gasteiger charge is 2.37. The lowest BCUT2D eigenvalue weighted by atomic mass is 9.92. The van der Waals surface area contributed by atoms with Crippen molar-refractivity contribution in [2.75, 3.05) is 19.6 Å². The number of aromatic nitrogens is 2. The molecule has 2 unspecified atom stereocenters. The van der Waals surface area contributed by atoms with Gasteiger partial charge in [-0.15, -0.1) is 0 Å². The zero-order valence-corrected chi connectivity index (χ0v) is 19.2. The highest BCUT2D eigenvalue weighted by atomic mass is 16.6. The number of rotatable bonds is 5. The summed E-state index contributed by atoms with van der Waals surface area (Å²) in [4.78, 5) is 34.1. The lowest BCUT2D eigenvalue weighted by Gasteiger charge is -2.41. The predicted octanol–water partition coefficient (Wildman–Crippen LogP) is 4.12. The quantitative estimate of drug-likeness (QED) is 0.721. The Morgan fingerprint density at radius 1 is 1.19 bits per heavy atom. The Morgan fingerprint density at radius 3 is 2.48 bits per heavy atom. The maximum Gasteiger partial charge on any atom is 0.410 e. The molecule has 7 nitrogen and oxygen atoms in total. The van der Waals surface area contributed by atoms with Crippen molar-refractivity contribution in [1.82, 2.24) is 19.4 Å². The number of imidazole rings is 1. The molecule has 2 amide bonds. The SMILES string of the molecule is CCC(CC(=O)N1CCN(C(=O)OC(C)(C)C)CC1c1nccn1C)c1ccccc1. The van der Waals surface area contributed by atoms with E-state index in [4.69, 9.17) is 4.74 Å². The minimum Gasteiger partial charge on any atom is -0.444 e. The van der Waals surface area contributed by atoms with E-state index in [1.54, 1.807) is 11.1 Å². The van der Waals surface area contributed by atoms with E-state index in [0.29, 0.717) is 26.1 Å². The number of ether oxygens (including phenoxy) is 1. The van der Waals surface area contributed by atoms with Crippen molar-refractivity contribution in [3.8, 4) is 0 Å². The van der Waals surface area contributed by atoms with Crippen LogP contribution in [0.4, 0.5) is 4.79 Å². The van der Waals surface area contributed by atoms with E-state index in [2.05, 4.69) is 24.0 Å². The van der Waals surface area contributed by atoms with Crippen LogP contribution in [-0.4, -0.2) is 56.6 Å². The average molecular weight is 427 g/mol. The summed E-state index contributed by atoms with van der Waals surface area (Å²) in [7, 11) is 1.91. The van der Waals surface area contributed by atoms with Gasteiger partial charge < -0.3 is 19.1 Å². The Labute approximate surface area is 185 Å². The van der Waals surface area contributed by atoms with Crippen molar-refractivity contribution < 1.29 is 14.3 Å². The molecule has 3 rings (SSSR count). The minimum atomic E-state index is -0.563. The molecule has 2 aromatic rings. The van der Waals surface area contributed by atoms with Gasteiger partial charge in [0.15, 0.2) is 0 Å². The van der Waals surface area contributed by atoms with E-state index in [1.165, 1.54) is 5.56 Å². The third kappa shape index (κ3) is 5.66. The molecule has 0 N–H and O–H groups in total. The lowest BCUT2D eigenvalue weighted by Crippen LogP contribution is -2.53. The second kappa shape index (κ2) is 9.54. The van der Waals surface area contributed by atoms with Crippen molar-refractivity contribution in [1.29, 1.82) is 0 Å². The van der Waals surface area contributed by atoms with Crippen LogP contribution in [0.25, 0.3) is 0 Å². The van der Waals surface area contributed by atoms with Gasteiger partial charge in [0.25, 0.3) is 0 Å². The summed E-state index contributed by atoms with van der Waals surface area (Å²) in [5.41, 5.74) is 0.617. The van der Waals surface area contributed by atoms with Crippen LogP contribution < -0.4 is 0 Å². The summed E-state index contributed by atoms with van der Waals surface area (Å²) in [6.07, 6.45) is 4.57. The van der Waals surface area contributed by atoms with Gasteiger partial charge in [-0.25, -0.2) is 9.78 Å². The lowest BCUT2D eigenvalue weighted by molar-refractivity contribution is -0.137. The molecule has 1 aromatic heterocycles. The molecule has 1 fully saturated rings. The van der Waals surface area contributed by atoms with Crippen LogP contribution >= 0.6 is 0 Å². The van der Waals surface area contributed by atoms with E-state index >= 15 is 0 Å². The number of piperazine rings is 1. The Kier molecular flexibility index (Phi) is 7.03. The van der Waals surface area contributed by atoms with Crippen molar-refractivity contribution in [3.05, 3.63) is 54.1 Å². The summed E-state index contributed by atoms with van der Waals surface area (Å²) < 4.78 is 7.48. The number of aryl methyl sites for hydroxylation is 1. The molecule has 1 aromatic carbocycles. The summed E-state index contributed by atoms with van der Waals surface area (Å²) >= 11 is 0. The first kappa shape index (κ1) is 22.8. The van der Waals surface area contributed by atoms with Crippen molar-refractivity contribution in [3.63, 3.8) is 0 Å². The van der Waals surface area contributed by atoms with Gasteiger partial charge in [-0.3, -0.25) is 4.79 Å². The van der Waals surface area contributed by atoms with E-state index < -0.39 is 5.60 Å². The van der Waals surface area contributed by atoms with Gasteiger partial charge in [0.05, 0.1) is 6.54 Å². The Hall–Kier alpha value is -2.83. The smallest absolute Gasteiger partial charge is 0.410 e. The maximum atomic E-state index is 13.4. The number of benzene rings is 1. The third-order valence-electron chi connectivity index (χ3n) is 5.69. The Bertz CT molecular complexity index is 888. The predicted molar refractivity (Wildman–Crippen MR) is 120 cm³/mol. The first-order valence-electron chi connectivity index (χ1n) is 11.0. The number of hydrogen-bond donors (Lipinski definition) is 0.